The first-order valence-corrected chi connectivity index (χ1v) is 7.43. The predicted octanol–water partition coefficient (Wildman–Crippen LogP) is 2.17. The minimum Gasteiger partial charge on any atom is -0.496 e. The summed E-state index contributed by atoms with van der Waals surface area (Å²) in [5.74, 6) is 1.17. The highest BCUT2D eigenvalue weighted by Crippen LogP contribution is 2.29. The van der Waals surface area contributed by atoms with Crippen molar-refractivity contribution in [1.82, 2.24) is 10.2 Å². The Labute approximate surface area is 124 Å². The molecule has 2 unspecified atom stereocenters. The van der Waals surface area contributed by atoms with Crippen LogP contribution in [0.1, 0.15) is 23.2 Å². The van der Waals surface area contributed by atoms with E-state index in [9.17, 15) is 4.79 Å². The van der Waals surface area contributed by atoms with E-state index < -0.39 is 0 Å². The Bertz CT molecular complexity index is 507. The minimum atomic E-state index is 0.0368. The first-order valence-electron chi connectivity index (χ1n) is 7.05. The molecule has 1 N–H and O–H groups in total. The molecule has 4 nitrogen and oxygen atoms in total. The monoisotopic (exact) mass is 294 g/mol. The number of nitrogens with zero attached hydrogens (tertiary/aromatic N) is 1. The van der Waals surface area contributed by atoms with Crippen molar-refractivity contribution in [3.63, 3.8) is 0 Å². The lowest BCUT2D eigenvalue weighted by Gasteiger charge is -2.24. The lowest BCUT2D eigenvalue weighted by Crippen LogP contribution is -2.41. The van der Waals surface area contributed by atoms with E-state index in [4.69, 9.17) is 16.3 Å². The van der Waals surface area contributed by atoms with Gasteiger partial charge in [-0.2, -0.15) is 0 Å². The number of fused-ring (bicyclic) bond motifs is 1. The van der Waals surface area contributed by atoms with Crippen molar-refractivity contribution < 1.29 is 9.53 Å². The van der Waals surface area contributed by atoms with Gasteiger partial charge < -0.3 is 15.0 Å². The minimum absolute atomic E-state index is 0.0368. The van der Waals surface area contributed by atoms with E-state index in [0.29, 0.717) is 28.3 Å². The van der Waals surface area contributed by atoms with Gasteiger partial charge in [-0.3, -0.25) is 4.79 Å². The van der Waals surface area contributed by atoms with E-state index in [1.807, 2.05) is 4.90 Å². The average molecular weight is 295 g/mol. The quantitative estimate of drug-likeness (QED) is 0.909. The van der Waals surface area contributed by atoms with Crippen molar-refractivity contribution in [2.24, 2.45) is 5.92 Å². The van der Waals surface area contributed by atoms with Gasteiger partial charge in [0, 0.05) is 24.2 Å². The summed E-state index contributed by atoms with van der Waals surface area (Å²) < 4.78 is 5.28. The second kappa shape index (κ2) is 5.62. The van der Waals surface area contributed by atoms with Crippen LogP contribution < -0.4 is 10.1 Å². The SMILES string of the molecule is COc1cc(Cl)ccc1C(=O)N1CC2CCCNC2C1. The second-order valence-corrected chi connectivity index (χ2v) is 5.95. The van der Waals surface area contributed by atoms with Crippen molar-refractivity contribution >= 4 is 17.5 Å². The molecule has 108 valence electrons. The molecule has 3 rings (SSSR count). The number of likely N-dealkylation sites (tertiary alicyclic amines) is 1. The maximum Gasteiger partial charge on any atom is 0.257 e. The highest BCUT2D eigenvalue weighted by atomic mass is 35.5. The fourth-order valence-corrected chi connectivity index (χ4v) is 3.39. The number of ether oxygens (including phenoxy) is 1. The van der Waals surface area contributed by atoms with Crippen LogP contribution in [0.3, 0.4) is 0 Å². The third-order valence-electron chi connectivity index (χ3n) is 4.28. The summed E-state index contributed by atoms with van der Waals surface area (Å²) in [7, 11) is 1.56. The first-order chi connectivity index (χ1) is 9.69. The fraction of sp³-hybridized carbons (Fsp3) is 0.533. The Balaban J connectivity index is 1.79. The normalized spacial score (nSPS) is 25.4. The average Bonchev–Trinajstić information content (AvgIpc) is 2.90. The van der Waals surface area contributed by atoms with E-state index in [-0.39, 0.29) is 5.91 Å². The number of methoxy groups -OCH3 is 1. The molecule has 0 radical (unpaired) electrons. The van der Waals surface area contributed by atoms with Crippen LogP contribution in [-0.4, -0.2) is 43.6 Å². The Morgan fingerprint density at radius 1 is 1.45 bits per heavy atom. The summed E-state index contributed by atoms with van der Waals surface area (Å²) in [5, 5.41) is 4.09. The molecule has 2 aliphatic heterocycles. The molecule has 1 amide bonds. The van der Waals surface area contributed by atoms with Gasteiger partial charge in [-0.15, -0.1) is 0 Å². The van der Waals surface area contributed by atoms with Gasteiger partial charge in [0.05, 0.1) is 12.7 Å². The van der Waals surface area contributed by atoms with Crippen LogP contribution in [0.15, 0.2) is 18.2 Å². The molecule has 1 aromatic carbocycles. The lowest BCUT2D eigenvalue weighted by atomic mass is 9.94. The topological polar surface area (TPSA) is 41.6 Å². The van der Waals surface area contributed by atoms with E-state index in [0.717, 1.165) is 19.6 Å². The summed E-state index contributed by atoms with van der Waals surface area (Å²) in [6.45, 7) is 2.69. The van der Waals surface area contributed by atoms with E-state index in [2.05, 4.69) is 5.32 Å². The van der Waals surface area contributed by atoms with Crippen molar-refractivity contribution in [1.29, 1.82) is 0 Å². The summed E-state index contributed by atoms with van der Waals surface area (Å²) in [6, 6.07) is 5.62. The third-order valence-corrected chi connectivity index (χ3v) is 4.52. The summed E-state index contributed by atoms with van der Waals surface area (Å²) in [6.07, 6.45) is 2.41. The Morgan fingerprint density at radius 2 is 2.30 bits per heavy atom. The van der Waals surface area contributed by atoms with Gasteiger partial charge in [0.2, 0.25) is 0 Å². The van der Waals surface area contributed by atoms with Crippen molar-refractivity contribution in [3.8, 4) is 5.75 Å². The number of piperidine rings is 1. The highest BCUT2D eigenvalue weighted by Gasteiger charge is 2.37. The van der Waals surface area contributed by atoms with Gasteiger partial charge in [-0.25, -0.2) is 0 Å². The summed E-state index contributed by atoms with van der Waals surface area (Å²) in [4.78, 5) is 14.6. The first kappa shape index (κ1) is 13.7. The van der Waals surface area contributed by atoms with Crippen LogP contribution in [0, 0.1) is 5.92 Å². The van der Waals surface area contributed by atoms with Gasteiger partial charge in [-0.05, 0) is 43.5 Å². The van der Waals surface area contributed by atoms with Crippen LogP contribution in [-0.2, 0) is 0 Å². The van der Waals surface area contributed by atoms with Crippen LogP contribution in [0.2, 0.25) is 5.02 Å². The molecule has 1 aromatic rings. The van der Waals surface area contributed by atoms with Gasteiger partial charge in [0.15, 0.2) is 0 Å². The van der Waals surface area contributed by atoms with Gasteiger partial charge in [0.1, 0.15) is 5.75 Å². The lowest BCUT2D eigenvalue weighted by molar-refractivity contribution is 0.0782. The molecule has 2 atom stereocenters. The fourth-order valence-electron chi connectivity index (χ4n) is 3.22. The van der Waals surface area contributed by atoms with E-state index in [1.165, 1.54) is 12.8 Å². The van der Waals surface area contributed by atoms with E-state index in [1.54, 1.807) is 25.3 Å². The zero-order valence-electron chi connectivity index (χ0n) is 11.6. The molecule has 2 saturated heterocycles. The summed E-state index contributed by atoms with van der Waals surface area (Å²) in [5.41, 5.74) is 0.593. The number of carbonyl (C=O) groups excluding carboxylic acids is 1. The number of rotatable bonds is 2. The summed E-state index contributed by atoms with van der Waals surface area (Å²) >= 11 is 5.94. The largest absolute Gasteiger partial charge is 0.496 e. The smallest absolute Gasteiger partial charge is 0.257 e. The van der Waals surface area contributed by atoms with E-state index >= 15 is 0 Å². The molecule has 2 heterocycles. The number of halogens is 1. The zero-order chi connectivity index (χ0) is 14.1. The Hall–Kier alpha value is -1.26. The zero-order valence-corrected chi connectivity index (χ0v) is 12.3. The van der Waals surface area contributed by atoms with Gasteiger partial charge in [0.25, 0.3) is 5.91 Å². The number of carbonyl (C=O) groups is 1. The molecule has 2 fully saturated rings. The molecular formula is C15H19ClN2O2. The number of hydrogen-bond acceptors (Lipinski definition) is 3. The third kappa shape index (κ3) is 2.50. The highest BCUT2D eigenvalue weighted by molar-refractivity contribution is 6.30. The van der Waals surface area contributed by atoms with Crippen molar-refractivity contribution in [3.05, 3.63) is 28.8 Å². The van der Waals surface area contributed by atoms with Crippen molar-refractivity contribution in [2.75, 3.05) is 26.7 Å². The molecule has 2 aliphatic rings. The van der Waals surface area contributed by atoms with Crippen LogP contribution >= 0.6 is 11.6 Å². The van der Waals surface area contributed by atoms with Crippen LogP contribution in [0.5, 0.6) is 5.75 Å². The standard InChI is InChI=1S/C15H19ClN2O2/c1-20-14-7-11(16)4-5-12(14)15(19)18-8-10-3-2-6-17-13(10)9-18/h4-5,7,10,13,17H,2-3,6,8-9H2,1H3. The molecule has 0 bridgehead atoms. The van der Waals surface area contributed by atoms with Crippen LogP contribution in [0.25, 0.3) is 0 Å². The van der Waals surface area contributed by atoms with Gasteiger partial charge in [-0.1, -0.05) is 11.6 Å². The number of amides is 1. The number of hydrogen-bond donors (Lipinski definition) is 1. The Morgan fingerprint density at radius 3 is 3.05 bits per heavy atom. The Kier molecular flexibility index (Phi) is 3.85. The maximum absolute atomic E-state index is 12.7. The maximum atomic E-state index is 12.7. The van der Waals surface area contributed by atoms with Crippen molar-refractivity contribution in [2.45, 2.75) is 18.9 Å². The predicted molar refractivity (Wildman–Crippen MR) is 78.4 cm³/mol. The van der Waals surface area contributed by atoms with Crippen LogP contribution in [0.4, 0.5) is 0 Å². The molecule has 5 heteroatoms. The molecular weight excluding hydrogens is 276 g/mol. The van der Waals surface area contributed by atoms with Gasteiger partial charge >= 0.3 is 0 Å². The molecule has 0 saturated carbocycles. The molecule has 0 spiro atoms. The molecule has 20 heavy (non-hydrogen) atoms. The number of benzene rings is 1. The molecule has 0 aromatic heterocycles. The number of nitrogens with one attached hydrogen (secondary N) is 1. The second-order valence-electron chi connectivity index (χ2n) is 5.52. The molecule has 0 aliphatic carbocycles.